The van der Waals surface area contributed by atoms with Crippen LogP contribution in [0.4, 0.5) is 0 Å². The first-order chi connectivity index (χ1) is 9.11. The Bertz CT molecular complexity index is 390. The van der Waals surface area contributed by atoms with Crippen molar-refractivity contribution in [2.24, 2.45) is 10.9 Å². The molecule has 0 radical (unpaired) electrons. The van der Waals surface area contributed by atoms with Crippen LogP contribution in [0.3, 0.4) is 0 Å². The van der Waals surface area contributed by atoms with E-state index >= 15 is 0 Å². The number of hydrogen-bond acceptors (Lipinski definition) is 3. The molecule has 1 heterocycles. The zero-order valence-electron chi connectivity index (χ0n) is 12.9. The Labute approximate surface area is 143 Å². The van der Waals surface area contributed by atoms with Crippen molar-refractivity contribution >= 4 is 41.3 Å². The van der Waals surface area contributed by atoms with Crippen molar-refractivity contribution in [3.8, 4) is 0 Å². The monoisotopic (exact) mass is 410 g/mol. The Balaban J connectivity index is 0.00000361. The zero-order chi connectivity index (χ0) is 14.1. The van der Waals surface area contributed by atoms with Crippen LogP contribution < -0.4 is 10.6 Å². The molecule has 0 atom stereocenters. The predicted molar refractivity (Wildman–Crippen MR) is 99.4 cm³/mol. The first-order valence-electron chi connectivity index (χ1n) is 7.05. The van der Waals surface area contributed by atoms with Gasteiger partial charge in [-0.2, -0.15) is 0 Å². The van der Waals surface area contributed by atoms with Gasteiger partial charge in [0.2, 0.25) is 0 Å². The van der Waals surface area contributed by atoms with E-state index in [0.29, 0.717) is 5.92 Å². The highest BCUT2D eigenvalue weighted by atomic mass is 127. The SMILES string of the molecule is CCNC(=NCCC(C)C)NCCc1ncc(C)s1.I. The number of thiazole rings is 1. The van der Waals surface area contributed by atoms with E-state index < -0.39 is 0 Å². The number of aromatic nitrogens is 1. The second-order valence-electron chi connectivity index (χ2n) is 4.98. The largest absolute Gasteiger partial charge is 0.357 e. The quantitative estimate of drug-likeness (QED) is 0.412. The van der Waals surface area contributed by atoms with Gasteiger partial charge in [-0.15, -0.1) is 35.3 Å². The van der Waals surface area contributed by atoms with Crippen LogP contribution in [0, 0.1) is 12.8 Å². The Morgan fingerprint density at radius 3 is 2.70 bits per heavy atom. The molecule has 116 valence electrons. The summed E-state index contributed by atoms with van der Waals surface area (Å²) in [4.78, 5) is 10.2. The summed E-state index contributed by atoms with van der Waals surface area (Å²) < 4.78 is 0. The smallest absolute Gasteiger partial charge is 0.191 e. The normalized spacial score (nSPS) is 11.3. The van der Waals surface area contributed by atoms with Gasteiger partial charge in [-0.05, 0) is 26.2 Å². The number of guanidine groups is 1. The molecule has 0 fully saturated rings. The molecule has 20 heavy (non-hydrogen) atoms. The van der Waals surface area contributed by atoms with E-state index in [4.69, 9.17) is 0 Å². The van der Waals surface area contributed by atoms with Gasteiger partial charge in [0.1, 0.15) is 0 Å². The van der Waals surface area contributed by atoms with Gasteiger partial charge in [0.25, 0.3) is 0 Å². The minimum Gasteiger partial charge on any atom is -0.357 e. The average Bonchev–Trinajstić information content (AvgIpc) is 2.74. The number of halogens is 1. The third kappa shape index (κ3) is 8.73. The van der Waals surface area contributed by atoms with Crippen molar-refractivity contribution in [1.82, 2.24) is 15.6 Å². The summed E-state index contributed by atoms with van der Waals surface area (Å²) in [6, 6.07) is 0. The van der Waals surface area contributed by atoms with E-state index in [2.05, 4.69) is 48.3 Å². The van der Waals surface area contributed by atoms with Gasteiger partial charge in [0.05, 0.1) is 5.01 Å². The molecular formula is C14H27IN4S. The molecule has 0 aliphatic heterocycles. The van der Waals surface area contributed by atoms with Crippen molar-refractivity contribution < 1.29 is 0 Å². The maximum atomic E-state index is 4.57. The van der Waals surface area contributed by atoms with Gasteiger partial charge in [0.15, 0.2) is 5.96 Å². The van der Waals surface area contributed by atoms with Crippen molar-refractivity contribution in [2.75, 3.05) is 19.6 Å². The fourth-order valence-electron chi connectivity index (χ4n) is 1.58. The zero-order valence-corrected chi connectivity index (χ0v) is 16.0. The molecule has 4 nitrogen and oxygen atoms in total. The number of aliphatic imine (C=N–C) groups is 1. The van der Waals surface area contributed by atoms with E-state index in [0.717, 1.165) is 38.4 Å². The first-order valence-corrected chi connectivity index (χ1v) is 7.87. The summed E-state index contributed by atoms with van der Waals surface area (Å²) >= 11 is 1.76. The molecule has 0 aliphatic carbocycles. The topological polar surface area (TPSA) is 49.3 Å². The third-order valence-electron chi connectivity index (χ3n) is 2.62. The Hall–Kier alpha value is -0.370. The highest BCUT2D eigenvalue weighted by Crippen LogP contribution is 2.10. The Morgan fingerprint density at radius 2 is 2.15 bits per heavy atom. The van der Waals surface area contributed by atoms with Crippen LogP contribution in [0.5, 0.6) is 0 Å². The molecule has 1 aromatic rings. The van der Waals surface area contributed by atoms with Crippen LogP contribution in [0.1, 0.15) is 37.1 Å². The van der Waals surface area contributed by atoms with Gasteiger partial charge in [0, 0.05) is 37.1 Å². The molecule has 0 aliphatic rings. The number of rotatable bonds is 7. The van der Waals surface area contributed by atoms with E-state index in [-0.39, 0.29) is 24.0 Å². The fraction of sp³-hybridized carbons (Fsp3) is 0.714. The standard InChI is InChI=1S/C14H26N4S.HI/c1-5-15-14(16-8-6-11(2)3)17-9-7-13-18-10-12(4)19-13;/h10-11H,5-9H2,1-4H3,(H2,15,16,17);1H. The summed E-state index contributed by atoms with van der Waals surface area (Å²) in [6.07, 6.45) is 4.01. The molecule has 1 rings (SSSR count). The van der Waals surface area contributed by atoms with Gasteiger partial charge in [-0.1, -0.05) is 13.8 Å². The Kier molecular flexibility index (Phi) is 11.1. The molecule has 0 spiro atoms. The third-order valence-corrected chi connectivity index (χ3v) is 3.59. The molecule has 6 heteroatoms. The van der Waals surface area contributed by atoms with Crippen LogP contribution in [-0.4, -0.2) is 30.6 Å². The maximum absolute atomic E-state index is 4.57. The molecule has 0 aromatic carbocycles. The molecule has 2 N–H and O–H groups in total. The van der Waals surface area contributed by atoms with Crippen LogP contribution >= 0.6 is 35.3 Å². The highest BCUT2D eigenvalue weighted by Gasteiger charge is 2.01. The van der Waals surface area contributed by atoms with Gasteiger partial charge >= 0.3 is 0 Å². The average molecular weight is 410 g/mol. The van der Waals surface area contributed by atoms with E-state index in [1.165, 1.54) is 9.88 Å². The lowest BCUT2D eigenvalue weighted by Crippen LogP contribution is -2.38. The second-order valence-corrected chi connectivity index (χ2v) is 6.30. The van der Waals surface area contributed by atoms with Crippen molar-refractivity contribution in [3.05, 3.63) is 16.1 Å². The fourth-order valence-corrected chi connectivity index (χ4v) is 2.37. The summed E-state index contributed by atoms with van der Waals surface area (Å²) in [5, 5.41) is 7.81. The number of hydrogen-bond donors (Lipinski definition) is 2. The predicted octanol–water partition coefficient (Wildman–Crippen LogP) is 3.21. The highest BCUT2D eigenvalue weighted by molar-refractivity contribution is 14.0. The first kappa shape index (κ1) is 19.6. The van der Waals surface area contributed by atoms with Crippen LogP contribution in [0.2, 0.25) is 0 Å². The van der Waals surface area contributed by atoms with Gasteiger partial charge < -0.3 is 10.6 Å². The lowest BCUT2D eigenvalue weighted by molar-refractivity contribution is 0.594. The summed E-state index contributed by atoms with van der Waals surface area (Å²) in [6.45, 7) is 11.3. The van der Waals surface area contributed by atoms with Gasteiger partial charge in [-0.3, -0.25) is 4.99 Å². The lowest BCUT2D eigenvalue weighted by Gasteiger charge is -2.11. The van der Waals surface area contributed by atoms with Crippen LogP contribution in [0.15, 0.2) is 11.2 Å². The molecule has 0 saturated carbocycles. The van der Waals surface area contributed by atoms with Gasteiger partial charge in [-0.25, -0.2) is 4.98 Å². The summed E-state index contributed by atoms with van der Waals surface area (Å²) in [5.41, 5.74) is 0. The van der Waals surface area contributed by atoms with Crippen molar-refractivity contribution in [2.45, 2.75) is 40.5 Å². The van der Waals surface area contributed by atoms with Crippen LogP contribution in [0.25, 0.3) is 0 Å². The number of nitrogens with zero attached hydrogens (tertiary/aromatic N) is 2. The molecule has 0 unspecified atom stereocenters. The molecule has 0 bridgehead atoms. The van der Waals surface area contributed by atoms with Crippen LogP contribution in [-0.2, 0) is 6.42 Å². The summed E-state index contributed by atoms with van der Waals surface area (Å²) in [5.74, 6) is 1.61. The minimum absolute atomic E-state index is 0. The van der Waals surface area contributed by atoms with E-state index in [9.17, 15) is 0 Å². The molecular weight excluding hydrogens is 383 g/mol. The minimum atomic E-state index is 0. The Morgan fingerprint density at radius 1 is 1.40 bits per heavy atom. The second kappa shape index (κ2) is 11.3. The number of nitrogens with one attached hydrogen (secondary N) is 2. The van der Waals surface area contributed by atoms with E-state index in [1.807, 2.05) is 6.20 Å². The van der Waals surface area contributed by atoms with Crippen molar-refractivity contribution in [3.63, 3.8) is 0 Å². The number of aryl methyl sites for hydroxylation is 1. The van der Waals surface area contributed by atoms with Crippen molar-refractivity contribution in [1.29, 1.82) is 0 Å². The lowest BCUT2D eigenvalue weighted by atomic mass is 10.1. The maximum Gasteiger partial charge on any atom is 0.191 e. The molecule has 1 aromatic heterocycles. The summed E-state index contributed by atoms with van der Waals surface area (Å²) in [7, 11) is 0. The molecule has 0 amide bonds. The molecule has 0 saturated heterocycles. The van der Waals surface area contributed by atoms with E-state index in [1.54, 1.807) is 11.3 Å².